The second-order valence-electron chi connectivity index (χ2n) is 7.13. The molecule has 2 aromatic carbocycles. The van der Waals surface area contributed by atoms with Crippen LogP contribution in [0.5, 0.6) is 0 Å². The summed E-state index contributed by atoms with van der Waals surface area (Å²) in [6.07, 6.45) is 6.70. The van der Waals surface area contributed by atoms with E-state index in [4.69, 9.17) is 4.98 Å². The van der Waals surface area contributed by atoms with Crippen LogP contribution in [0.15, 0.2) is 73.3 Å². The van der Waals surface area contributed by atoms with Crippen molar-refractivity contribution in [2.45, 2.75) is 6.42 Å². The Morgan fingerprint density at radius 2 is 1.93 bits per heavy atom. The van der Waals surface area contributed by atoms with Crippen LogP contribution in [0.4, 0.5) is 11.4 Å². The van der Waals surface area contributed by atoms with Crippen LogP contribution < -0.4 is 10.6 Å². The third kappa shape index (κ3) is 2.81. The summed E-state index contributed by atoms with van der Waals surface area (Å²) in [5, 5.41) is 13.6. The van der Waals surface area contributed by atoms with E-state index < -0.39 is 0 Å². The van der Waals surface area contributed by atoms with Crippen molar-refractivity contribution < 1.29 is 0 Å². The number of hydrogen-bond donors (Lipinski definition) is 2. The van der Waals surface area contributed by atoms with Gasteiger partial charge in [-0.3, -0.25) is 9.67 Å². The second kappa shape index (κ2) is 6.53. The van der Waals surface area contributed by atoms with Gasteiger partial charge in [-0.25, -0.2) is 0 Å². The van der Waals surface area contributed by atoms with Crippen LogP contribution >= 0.6 is 0 Å². The number of anilines is 2. The van der Waals surface area contributed by atoms with Gasteiger partial charge in [0.2, 0.25) is 0 Å². The predicted octanol–water partition coefficient (Wildman–Crippen LogP) is 5.04. The number of pyridine rings is 1. The molecule has 0 amide bonds. The van der Waals surface area contributed by atoms with Gasteiger partial charge >= 0.3 is 0 Å². The Balaban J connectivity index is 1.66. The molecule has 5 rings (SSSR count). The number of fused-ring (bicyclic) bond motifs is 2. The van der Waals surface area contributed by atoms with Crippen molar-refractivity contribution in [3.8, 4) is 22.4 Å². The molecular formula is C23H21N5. The maximum absolute atomic E-state index is 4.72. The van der Waals surface area contributed by atoms with Gasteiger partial charge in [-0.15, -0.1) is 0 Å². The minimum atomic E-state index is 0.865. The summed E-state index contributed by atoms with van der Waals surface area (Å²) in [6.45, 7) is 4.96. The standard InChI is InChI=1S/C23H21N5/c1-15-9-10-24-23-19(7-4-8-21(23)27-15)18-6-3-5-16-11-22(25-13-20(16)18)17-12-26-28(2)14-17/h3-8,11-14,24,27H,1,9-10H2,2H3. The van der Waals surface area contributed by atoms with Crippen LogP contribution in [0.3, 0.4) is 0 Å². The molecule has 0 saturated carbocycles. The number of aryl methyl sites for hydroxylation is 1. The lowest BCUT2D eigenvalue weighted by atomic mass is 9.96. The lowest BCUT2D eigenvalue weighted by molar-refractivity contribution is 0.768. The van der Waals surface area contributed by atoms with E-state index in [9.17, 15) is 0 Å². The highest BCUT2D eigenvalue weighted by Crippen LogP contribution is 2.39. The van der Waals surface area contributed by atoms with Gasteiger partial charge in [0.25, 0.3) is 0 Å². The van der Waals surface area contributed by atoms with Crippen LogP contribution in [0.1, 0.15) is 6.42 Å². The summed E-state index contributed by atoms with van der Waals surface area (Å²) in [5.41, 5.74) is 7.50. The molecule has 0 radical (unpaired) electrons. The highest BCUT2D eigenvalue weighted by molar-refractivity contribution is 6.02. The van der Waals surface area contributed by atoms with Gasteiger partial charge in [-0.1, -0.05) is 36.9 Å². The monoisotopic (exact) mass is 367 g/mol. The number of rotatable bonds is 2. The largest absolute Gasteiger partial charge is 0.382 e. The summed E-state index contributed by atoms with van der Waals surface area (Å²) < 4.78 is 1.80. The fraction of sp³-hybridized carbons (Fsp3) is 0.130. The smallest absolute Gasteiger partial charge is 0.0739 e. The minimum Gasteiger partial charge on any atom is -0.382 e. The molecule has 0 spiro atoms. The molecule has 3 heterocycles. The summed E-state index contributed by atoms with van der Waals surface area (Å²) in [4.78, 5) is 4.72. The van der Waals surface area contributed by atoms with E-state index in [2.05, 4.69) is 64.8 Å². The lowest BCUT2D eigenvalue weighted by Crippen LogP contribution is -2.00. The first-order chi connectivity index (χ1) is 13.7. The Morgan fingerprint density at radius 3 is 2.79 bits per heavy atom. The lowest BCUT2D eigenvalue weighted by Gasteiger charge is -2.16. The van der Waals surface area contributed by atoms with Crippen molar-refractivity contribution in [1.82, 2.24) is 14.8 Å². The molecule has 5 nitrogen and oxygen atoms in total. The van der Waals surface area contributed by atoms with Gasteiger partial charge in [-0.2, -0.15) is 5.10 Å². The Morgan fingerprint density at radius 1 is 1.07 bits per heavy atom. The minimum absolute atomic E-state index is 0.865. The highest BCUT2D eigenvalue weighted by Gasteiger charge is 2.16. The van der Waals surface area contributed by atoms with Gasteiger partial charge in [0.15, 0.2) is 0 Å². The fourth-order valence-electron chi connectivity index (χ4n) is 3.78. The molecule has 2 N–H and O–H groups in total. The van der Waals surface area contributed by atoms with Crippen LogP contribution in [0.2, 0.25) is 0 Å². The highest BCUT2D eigenvalue weighted by atomic mass is 15.2. The van der Waals surface area contributed by atoms with E-state index >= 15 is 0 Å². The molecule has 0 aliphatic carbocycles. The summed E-state index contributed by atoms with van der Waals surface area (Å²) in [7, 11) is 1.92. The summed E-state index contributed by atoms with van der Waals surface area (Å²) in [6, 6.07) is 14.9. The molecule has 0 fully saturated rings. The normalized spacial score (nSPS) is 13.5. The zero-order valence-electron chi connectivity index (χ0n) is 15.7. The SMILES string of the molecule is C=C1CCNc2c(cccc2-c2cccc3cc(-c4cnn(C)c4)ncc23)N1. The van der Waals surface area contributed by atoms with Crippen molar-refractivity contribution in [3.63, 3.8) is 0 Å². The van der Waals surface area contributed by atoms with Gasteiger partial charge < -0.3 is 10.6 Å². The third-order valence-electron chi connectivity index (χ3n) is 5.16. The van der Waals surface area contributed by atoms with Gasteiger partial charge in [0.05, 0.1) is 23.3 Å². The molecule has 5 heteroatoms. The number of benzene rings is 2. The van der Waals surface area contributed by atoms with Gasteiger partial charge in [0, 0.05) is 54.6 Å². The maximum Gasteiger partial charge on any atom is 0.0739 e. The van der Waals surface area contributed by atoms with E-state index in [1.165, 1.54) is 11.1 Å². The van der Waals surface area contributed by atoms with Crippen LogP contribution in [-0.2, 0) is 7.05 Å². The van der Waals surface area contributed by atoms with Crippen LogP contribution in [-0.4, -0.2) is 21.3 Å². The second-order valence-corrected chi connectivity index (χ2v) is 7.13. The molecule has 0 bridgehead atoms. The maximum atomic E-state index is 4.72. The van der Waals surface area contributed by atoms with Gasteiger partial charge in [0.1, 0.15) is 0 Å². The number of nitrogens with zero attached hydrogens (tertiary/aromatic N) is 3. The summed E-state index contributed by atoms with van der Waals surface area (Å²) in [5.74, 6) is 0. The van der Waals surface area contributed by atoms with E-state index in [0.717, 1.165) is 52.1 Å². The van der Waals surface area contributed by atoms with Gasteiger partial charge in [-0.05, 0) is 23.1 Å². The Bertz CT molecular complexity index is 1200. The molecule has 2 aromatic heterocycles. The van der Waals surface area contributed by atoms with Crippen LogP contribution in [0, 0.1) is 0 Å². The van der Waals surface area contributed by atoms with E-state index in [1.807, 2.05) is 25.6 Å². The molecule has 0 saturated heterocycles. The van der Waals surface area contributed by atoms with Crippen molar-refractivity contribution in [3.05, 3.63) is 73.3 Å². The molecule has 138 valence electrons. The molecule has 1 aliphatic rings. The first-order valence-electron chi connectivity index (χ1n) is 9.39. The summed E-state index contributed by atoms with van der Waals surface area (Å²) >= 11 is 0. The Labute approximate surface area is 163 Å². The Hall–Kier alpha value is -3.60. The number of aromatic nitrogens is 3. The molecular weight excluding hydrogens is 346 g/mol. The number of hydrogen-bond acceptors (Lipinski definition) is 4. The molecule has 1 aliphatic heterocycles. The average molecular weight is 367 g/mol. The van der Waals surface area contributed by atoms with E-state index in [0.29, 0.717) is 0 Å². The average Bonchev–Trinajstić information content (AvgIpc) is 3.04. The predicted molar refractivity (Wildman–Crippen MR) is 115 cm³/mol. The topological polar surface area (TPSA) is 54.8 Å². The first-order valence-corrected chi connectivity index (χ1v) is 9.39. The zero-order chi connectivity index (χ0) is 19.1. The molecule has 0 atom stereocenters. The van der Waals surface area contributed by atoms with E-state index in [-0.39, 0.29) is 0 Å². The van der Waals surface area contributed by atoms with E-state index in [1.54, 1.807) is 4.68 Å². The van der Waals surface area contributed by atoms with Crippen molar-refractivity contribution in [2.24, 2.45) is 7.05 Å². The molecule has 0 unspecified atom stereocenters. The van der Waals surface area contributed by atoms with Crippen LogP contribution in [0.25, 0.3) is 33.2 Å². The Kier molecular flexibility index (Phi) is 3.86. The van der Waals surface area contributed by atoms with Crippen molar-refractivity contribution in [1.29, 1.82) is 0 Å². The van der Waals surface area contributed by atoms with Crippen molar-refractivity contribution >= 4 is 22.1 Å². The third-order valence-corrected chi connectivity index (χ3v) is 5.16. The zero-order valence-corrected chi connectivity index (χ0v) is 15.7. The number of para-hydroxylation sites is 1. The first kappa shape index (κ1) is 16.6. The molecule has 4 aromatic rings. The van der Waals surface area contributed by atoms with Crippen molar-refractivity contribution in [2.75, 3.05) is 17.2 Å². The molecule has 28 heavy (non-hydrogen) atoms. The number of nitrogens with one attached hydrogen (secondary N) is 2. The quantitative estimate of drug-likeness (QED) is 0.521. The fourth-order valence-corrected chi connectivity index (χ4v) is 3.78.